The second-order valence-corrected chi connectivity index (χ2v) is 6.93. The molecule has 8 heteroatoms. The van der Waals surface area contributed by atoms with Crippen molar-refractivity contribution < 1.29 is 9.53 Å². The Morgan fingerprint density at radius 3 is 2.68 bits per heavy atom. The number of pyridine rings is 1. The predicted octanol–water partition coefficient (Wildman–Crippen LogP) is 4.08. The number of ether oxygens (including phenoxy) is 1. The maximum atomic E-state index is 12.3. The third-order valence-corrected chi connectivity index (χ3v) is 4.48. The second-order valence-electron chi connectivity index (χ2n) is 6.93. The highest BCUT2D eigenvalue weighted by molar-refractivity contribution is 5.89. The van der Waals surface area contributed by atoms with Gasteiger partial charge in [-0.05, 0) is 42.8 Å². The van der Waals surface area contributed by atoms with E-state index < -0.39 is 0 Å². The number of carbonyl (C=O) groups excluding carboxylic acids is 1. The van der Waals surface area contributed by atoms with E-state index in [1.54, 1.807) is 12.4 Å². The molecule has 0 aliphatic carbocycles. The van der Waals surface area contributed by atoms with Gasteiger partial charge < -0.3 is 15.4 Å². The van der Waals surface area contributed by atoms with E-state index in [0.29, 0.717) is 24.7 Å². The number of anilines is 1. The standard InChI is InChI=1S/C23H22N6O2/c1-16-26-22(29-28-16)19-5-2-6-20(12-19)27-23(30)25-14-17-7-9-21(10-8-17)31-15-18-4-3-11-24-13-18/h2-13H,14-15H2,1H3,(H2,25,27,30)(H,26,28,29). The van der Waals surface area contributed by atoms with Crippen molar-refractivity contribution in [1.82, 2.24) is 25.5 Å². The molecule has 0 atom stereocenters. The Balaban J connectivity index is 1.27. The van der Waals surface area contributed by atoms with Gasteiger partial charge in [0.05, 0.1) is 0 Å². The average Bonchev–Trinajstić information content (AvgIpc) is 3.24. The van der Waals surface area contributed by atoms with Crippen molar-refractivity contribution >= 4 is 11.7 Å². The van der Waals surface area contributed by atoms with Crippen LogP contribution in [0.3, 0.4) is 0 Å². The van der Waals surface area contributed by atoms with Gasteiger partial charge in [0.2, 0.25) is 0 Å². The number of aromatic amines is 1. The first kappa shape index (κ1) is 20.1. The molecule has 0 aliphatic heterocycles. The number of benzene rings is 2. The molecule has 2 heterocycles. The Kier molecular flexibility index (Phi) is 6.18. The fraction of sp³-hybridized carbons (Fsp3) is 0.130. The van der Waals surface area contributed by atoms with E-state index in [4.69, 9.17) is 4.74 Å². The molecular formula is C23H22N6O2. The van der Waals surface area contributed by atoms with Crippen LogP contribution in [0, 0.1) is 6.92 Å². The summed E-state index contributed by atoms with van der Waals surface area (Å²) in [5.74, 6) is 2.09. The molecule has 0 saturated carbocycles. The number of nitrogens with one attached hydrogen (secondary N) is 3. The largest absolute Gasteiger partial charge is 0.489 e. The van der Waals surface area contributed by atoms with E-state index in [9.17, 15) is 4.79 Å². The molecule has 31 heavy (non-hydrogen) atoms. The number of carbonyl (C=O) groups is 1. The summed E-state index contributed by atoms with van der Waals surface area (Å²) in [6.07, 6.45) is 3.51. The summed E-state index contributed by atoms with van der Waals surface area (Å²) in [6, 6.07) is 18.5. The van der Waals surface area contributed by atoms with E-state index in [1.807, 2.05) is 67.6 Å². The lowest BCUT2D eigenvalue weighted by atomic mass is 10.2. The Morgan fingerprint density at radius 1 is 1.06 bits per heavy atom. The quantitative estimate of drug-likeness (QED) is 0.423. The molecule has 2 aromatic heterocycles. The van der Waals surface area contributed by atoms with Gasteiger partial charge in [-0.2, -0.15) is 5.10 Å². The number of aryl methyl sites for hydroxylation is 1. The minimum Gasteiger partial charge on any atom is -0.489 e. The number of aromatic nitrogens is 4. The molecule has 4 aromatic rings. The predicted molar refractivity (Wildman–Crippen MR) is 117 cm³/mol. The summed E-state index contributed by atoms with van der Waals surface area (Å²) in [7, 11) is 0. The average molecular weight is 414 g/mol. The van der Waals surface area contributed by atoms with Crippen LogP contribution in [0.15, 0.2) is 73.1 Å². The highest BCUT2D eigenvalue weighted by atomic mass is 16.5. The van der Waals surface area contributed by atoms with Crippen LogP contribution in [0.1, 0.15) is 17.0 Å². The van der Waals surface area contributed by atoms with Crippen molar-refractivity contribution in [3.63, 3.8) is 0 Å². The van der Waals surface area contributed by atoms with Crippen LogP contribution in [-0.2, 0) is 13.2 Å². The van der Waals surface area contributed by atoms with Crippen molar-refractivity contribution in [1.29, 1.82) is 0 Å². The van der Waals surface area contributed by atoms with Crippen molar-refractivity contribution in [2.24, 2.45) is 0 Å². The Bertz CT molecular complexity index is 1140. The van der Waals surface area contributed by atoms with Crippen LogP contribution in [0.5, 0.6) is 5.75 Å². The number of H-pyrrole nitrogens is 1. The SMILES string of the molecule is Cc1nc(-c2cccc(NC(=O)NCc3ccc(OCc4cccnc4)cc3)c2)n[nH]1. The van der Waals surface area contributed by atoms with Gasteiger partial charge in [0.1, 0.15) is 18.2 Å². The highest BCUT2D eigenvalue weighted by Crippen LogP contribution is 2.19. The zero-order chi connectivity index (χ0) is 21.5. The van der Waals surface area contributed by atoms with Gasteiger partial charge in [-0.15, -0.1) is 0 Å². The van der Waals surface area contributed by atoms with Crippen molar-refractivity contribution in [2.45, 2.75) is 20.1 Å². The molecular weight excluding hydrogens is 392 g/mol. The van der Waals surface area contributed by atoms with E-state index in [0.717, 1.165) is 28.3 Å². The van der Waals surface area contributed by atoms with Gasteiger partial charge in [-0.25, -0.2) is 9.78 Å². The first-order chi connectivity index (χ1) is 15.2. The molecule has 2 amide bonds. The molecule has 2 aromatic carbocycles. The van der Waals surface area contributed by atoms with Crippen molar-refractivity contribution in [3.8, 4) is 17.1 Å². The minimum absolute atomic E-state index is 0.291. The molecule has 156 valence electrons. The fourth-order valence-electron chi connectivity index (χ4n) is 2.92. The zero-order valence-corrected chi connectivity index (χ0v) is 17.0. The summed E-state index contributed by atoms with van der Waals surface area (Å²) in [6.45, 7) is 2.69. The lowest BCUT2D eigenvalue weighted by Crippen LogP contribution is -2.28. The summed E-state index contributed by atoms with van der Waals surface area (Å²) >= 11 is 0. The number of amides is 2. The molecule has 0 fully saturated rings. The summed E-state index contributed by atoms with van der Waals surface area (Å²) in [5.41, 5.74) is 3.46. The first-order valence-corrected chi connectivity index (χ1v) is 9.81. The lowest BCUT2D eigenvalue weighted by Gasteiger charge is -2.10. The van der Waals surface area contributed by atoms with Crippen LogP contribution < -0.4 is 15.4 Å². The van der Waals surface area contributed by atoms with Gasteiger partial charge >= 0.3 is 6.03 Å². The minimum atomic E-state index is -0.291. The Labute approximate surface area is 179 Å². The third kappa shape index (κ3) is 5.66. The normalized spacial score (nSPS) is 10.5. The van der Waals surface area contributed by atoms with Gasteiger partial charge in [-0.3, -0.25) is 10.1 Å². The number of hydrogen-bond donors (Lipinski definition) is 3. The van der Waals surface area contributed by atoms with E-state index >= 15 is 0 Å². The van der Waals surface area contributed by atoms with Crippen LogP contribution >= 0.6 is 0 Å². The molecule has 0 saturated heterocycles. The molecule has 0 radical (unpaired) electrons. The summed E-state index contributed by atoms with van der Waals surface area (Å²) in [5, 5.41) is 12.6. The van der Waals surface area contributed by atoms with E-state index in [1.165, 1.54) is 0 Å². The highest BCUT2D eigenvalue weighted by Gasteiger charge is 2.07. The first-order valence-electron chi connectivity index (χ1n) is 9.81. The monoisotopic (exact) mass is 414 g/mol. The number of rotatable bonds is 7. The number of urea groups is 1. The Hall–Kier alpha value is -4.20. The van der Waals surface area contributed by atoms with E-state index in [2.05, 4.69) is 30.8 Å². The Morgan fingerprint density at radius 2 is 1.94 bits per heavy atom. The maximum absolute atomic E-state index is 12.3. The van der Waals surface area contributed by atoms with Crippen LogP contribution in [0.25, 0.3) is 11.4 Å². The van der Waals surface area contributed by atoms with Gasteiger partial charge in [0, 0.05) is 35.8 Å². The zero-order valence-electron chi connectivity index (χ0n) is 17.0. The van der Waals surface area contributed by atoms with Crippen LogP contribution in [-0.4, -0.2) is 26.2 Å². The molecule has 0 aliphatic rings. The maximum Gasteiger partial charge on any atom is 0.319 e. The molecule has 4 rings (SSSR count). The third-order valence-electron chi connectivity index (χ3n) is 4.48. The number of hydrogen-bond acceptors (Lipinski definition) is 5. The summed E-state index contributed by atoms with van der Waals surface area (Å²) in [4.78, 5) is 20.6. The number of nitrogens with zero attached hydrogens (tertiary/aromatic N) is 3. The molecule has 0 unspecified atom stereocenters. The van der Waals surface area contributed by atoms with Gasteiger partial charge in [0.25, 0.3) is 0 Å². The van der Waals surface area contributed by atoms with Gasteiger partial charge in [0.15, 0.2) is 5.82 Å². The van der Waals surface area contributed by atoms with Crippen LogP contribution in [0.2, 0.25) is 0 Å². The second kappa shape index (κ2) is 9.53. The summed E-state index contributed by atoms with van der Waals surface area (Å²) < 4.78 is 5.75. The topological polar surface area (TPSA) is 105 Å². The smallest absolute Gasteiger partial charge is 0.319 e. The van der Waals surface area contributed by atoms with Crippen LogP contribution in [0.4, 0.5) is 10.5 Å². The van der Waals surface area contributed by atoms with Gasteiger partial charge in [-0.1, -0.05) is 30.3 Å². The van der Waals surface area contributed by atoms with E-state index in [-0.39, 0.29) is 6.03 Å². The lowest BCUT2D eigenvalue weighted by molar-refractivity contribution is 0.251. The molecule has 3 N–H and O–H groups in total. The molecule has 8 nitrogen and oxygen atoms in total. The molecule has 0 spiro atoms. The fourth-order valence-corrected chi connectivity index (χ4v) is 2.92. The molecule has 0 bridgehead atoms. The van der Waals surface area contributed by atoms with Crippen molar-refractivity contribution in [3.05, 3.63) is 90.0 Å². The van der Waals surface area contributed by atoms with Crippen molar-refractivity contribution in [2.75, 3.05) is 5.32 Å².